The first kappa shape index (κ1) is 14.8. The summed E-state index contributed by atoms with van der Waals surface area (Å²) >= 11 is 0. The number of hydrogen-bond donors (Lipinski definition) is 1. The molecule has 7 nitrogen and oxygen atoms in total. The van der Waals surface area contributed by atoms with Gasteiger partial charge in [-0.3, -0.25) is 10.1 Å². The SMILES string of the molecule is CCCc1nn(C)c(OCC2(N)CCCC2)c1[N+](=O)[O-]. The summed E-state index contributed by atoms with van der Waals surface area (Å²) in [5.74, 6) is 0.218. The molecular weight excluding hydrogens is 260 g/mol. The number of nitrogens with zero attached hydrogens (tertiary/aromatic N) is 3. The maximum Gasteiger partial charge on any atom is 0.353 e. The van der Waals surface area contributed by atoms with Crippen molar-refractivity contribution >= 4 is 5.69 Å². The fourth-order valence-electron chi connectivity index (χ4n) is 2.74. The Kier molecular flexibility index (Phi) is 4.27. The number of aryl methyl sites for hydroxylation is 2. The van der Waals surface area contributed by atoms with Crippen LogP contribution in [0.25, 0.3) is 0 Å². The minimum Gasteiger partial charge on any atom is -0.471 e. The second-order valence-electron chi connectivity index (χ2n) is 5.59. The van der Waals surface area contributed by atoms with Crippen LogP contribution in [-0.4, -0.2) is 26.8 Å². The fraction of sp³-hybridized carbons (Fsp3) is 0.769. The lowest BCUT2D eigenvalue weighted by molar-refractivity contribution is -0.386. The predicted octanol–water partition coefficient (Wildman–Crippen LogP) is 1.93. The van der Waals surface area contributed by atoms with Crippen LogP contribution < -0.4 is 10.5 Å². The first-order valence-corrected chi connectivity index (χ1v) is 7.09. The van der Waals surface area contributed by atoms with Crippen molar-refractivity contribution in [2.45, 2.75) is 51.0 Å². The van der Waals surface area contributed by atoms with Gasteiger partial charge < -0.3 is 10.5 Å². The third-order valence-electron chi connectivity index (χ3n) is 3.81. The monoisotopic (exact) mass is 282 g/mol. The average Bonchev–Trinajstić information content (AvgIpc) is 2.92. The van der Waals surface area contributed by atoms with Crippen molar-refractivity contribution in [3.05, 3.63) is 15.8 Å². The number of nitro groups is 1. The molecule has 2 N–H and O–H groups in total. The zero-order valence-corrected chi connectivity index (χ0v) is 12.1. The van der Waals surface area contributed by atoms with Crippen LogP contribution >= 0.6 is 0 Å². The van der Waals surface area contributed by atoms with Crippen molar-refractivity contribution in [3.8, 4) is 5.88 Å². The van der Waals surface area contributed by atoms with Gasteiger partial charge in [-0.25, -0.2) is 4.68 Å². The van der Waals surface area contributed by atoms with Gasteiger partial charge in [-0.2, -0.15) is 5.10 Å². The molecule has 0 radical (unpaired) electrons. The Morgan fingerprint density at radius 1 is 1.50 bits per heavy atom. The molecule has 0 unspecified atom stereocenters. The Labute approximate surface area is 118 Å². The van der Waals surface area contributed by atoms with E-state index < -0.39 is 4.92 Å². The van der Waals surface area contributed by atoms with E-state index in [1.165, 1.54) is 4.68 Å². The first-order chi connectivity index (χ1) is 9.47. The second kappa shape index (κ2) is 5.78. The Bertz CT molecular complexity index is 492. The zero-order valence-electron chi connectivity index (χ0n) is 12.1. The molecule has 2 rings (SSSR count). The highest BCUT2D eigenvalue weighted by Crippen LogP contribution is 2.33. The standard InChI is InChI=1S/C13H22N4O3/c1-3-6-10-11(17(18)19)12(16(2)15-10)20-9-13(14)7-4-5-8-13/h3-9,14H2,1-2H3. The molecule has 1 saturated carbocycles. The molecule has 1 fully saturated rings. The number of nitrogens with two attached hydrogens (primary N) is 1. The van der Waals surface area contributed by atoms with E-state index in [9.17, 15) is 10.1 Å². The normalized spacial score (nSPS) is 17.4. The molecule has 1 aromatic rings. The Morgan fingerprint density at radius 3 is 2.70 bits per heavy atom. The fourth-order valence-corrected chi connectivity index (χ4v) is 2.74. The van der Waals surface area contributed by atoms with Gasteiger partial charge in [-0.15, -0.1) is 0 Å². The van der Waals surface area contributed by atoms with Gasteiger partial charge in [0.2, 0.25) is 0 Å². The van der Waals surface area contributed by atoms with Crippen LogP contribution in [0.1, 0.15) is 44.7 Å². The Morgan fingerprint density at radius 2 is 2.15 bits per heavy atom. The lowest BCUT2D eigenvalue weighted by Crippen LogP contribution is -2.42. The van der Waals surface area contributed by atoms with E-state index in [1.54, 1.807) is 7.05 Å². The van der Waals surface area contributed by atoms with Crippen LogP contribution in [0.15, 0.2) is 0 Å². The van der Waals surface area contributed by atoms with Crippen molar-refractivity contribution in [2.75, 3.05) is 6.61 Å². The molecule has 0 saturated heterocycles. The van der Waals surface area contributed by atoms with Crippen molar-refractivity contribution in [1.29, 1.82) is 0 Å². The molecule has 1 heterocycles. The molecule has 0 atom stereocenters. The van der Waals surface area contributed by atoms with E-state index in [0.29, 0.717) is 18.7 Å². The molecule has 1 aliphatic rings. The maximum absolute atomic E-state index is 11.2. The van der Waals surface area contributed by atoms with Crippen LogP contribution in [0, 0.1) is 10.1 Å². The molecule has 0 amide bonds. The van der Waals surface area contributed by atoms with Crippen molar-refractivity contribution in [1.82, 2.24) is 9.78 Å². The van der Waals surface area contributed by atoms with Crippen LogP contribution in [0.2, 0.25) is 0 Å². The zero-order chi connectivity index (χ0) is 14.8. The molecule has 1 aliphatic carbocycles. The highest BCUT2D eigenvalue weighted by molar-refractivity contribution is 5.46. The summed E-state index contributed by atoms with van der Waals surface area (Å²) in [6, 6.07) is 0. The van der Waals surface area contributed by atoms with Crippen molar-refractivity contribution < 1.29 is 9.66 Å². The number of aromatic nitrogens is 2. The molecule has 1 aromatic heterocycles. The highest BCUT2D eigenvalue weighted by atomic mass is 16.6. The van der Waals surface area contributed by atoms with Crippen LogP contribution in [0.3, 0.4) is 0 Å². The Balaban J connectivity index is 2.19. The summed E-state index contributed by atoms with van der Waals surface area (Å²) < 4.78 is 7.12. The van der Waals surface area contributed by atoms with Crippen LogP contribution in [0.4, 0.5) is 5.69 Å². The van der Waals surface area contributed by atoms with Gasteiger partial charge in [0.1, 0.15) is 12.3 Å². The molecule has 0 spiro atoms. The largest absolute Gasteiger partial charge is 0.471 e. The van der Waals surface area contributed by atoms with E-state index in [2.05, 4.69) is 5.10 Å². The number of rotatable bonds is 6. The molecule has 0 bridgehead atoms. The third-order valence-corrected chi connectivity index (χ3v) is 3.81. The summed E-state index contributed by atoms with van der Waals surface area (Å²) in [6.07, 6.45) is 5.36. The van der Waals surface area contributed by atoms with Crippen molar-refractivity contribution in [2.24, 2.45) is 12.8 Å². The van der Waals surface area contributed by atoms with Crippen LogP contribution in [-0.2, 0) is 13.5 Å². The lowest BCUT2D eigenvalue weighted by Gasteiger charge is -2.23. The van der Waals surface area contributed by atoms with Gasteiger partial charge in [0.15, 0.2) is 0 Å². The molecule has 7 heteroatoms. The molecule has 0 aromatic carbocycles. The van der Waals surface area contributed by atoms with E-state index >= 15 is 0 Å². The minimum absolute atomic E-state index is 0.0176. The highest BCUT2D eigenvalue weighted by Gasteiger charge is 2.33. The topological polar surface area (TPSA) is 96.2 Å². The Hall–Kier alpha value is -1.63. The maximum atomic E-state index is 11.2. The van der Waals surface area contributed by atoms with Gasteiger partial charge in [-0.05, 0) is 19.3 Å². The van der Waals surface area contributed by atoms with Gasteiger partial charge in [0.25, 0.3) is 5.88 Å². The summed E-state index contributed by atoms with van der Waals surface area (Å²) in [5, 5.41) is 15.4. The van der Waals surface area contributed by atoms with E-state index in [4.69, 9.17) is 10.5 Å². The van der Waals surface area contributed by atoms with E-state index in [-0.39, 0.29) is 17.1 Å². The molecular formula is C13H22N4O3. The van der Waals surface area contributed by atoms with Gasteiger partial charge >= 0.3 is 5.69 Å². The predicted molar refractivity (Wildman–Crippen MR) is 74.7 cm³/mol. The summed E-state index contributed by atoms with van der Waals surface area (Å²) in [7, 11) is 1.67. The average molecular weight is 282 g/mol. The van der Waals surface area contributed by atoms with Crippen LogP contribution in [0.5, 0.6) is 5.88 Å². The minimum atomic E-state index is -0.412. The van der Waals surface area contributed by atoms with Gasteiger partial charge in [0.05, 0.1) is 10.5 Å². The van der Waals surface area contributed by atoms with Crippen molar-refractivity contribution in [3.63, 3.8) is 0 Å². The molecule has 20 heavy (non-hydrogen) atoms. The summed E-state index contributed by atoms with van der Waals surface area (Å²) in [5.41, 5.74) is 6.33. The lowest BCUT2D eigenvalue weighted by atomic mass is 10.0. The number of hydrogen-bond acceptors (Lipinski definition) is 5. The number of ether oxygens (including phenoxy) is 1. The van der Waals surface area contributed by atoms with E-state index in [0.717, 1.165) is 32.1 Å². The quantitative estimate of drug-likeness (QED) is 0.635. The molecule has 112 valence electrons. The molecule has 0 aliphatic heterocycles. The smallest absolute Gasteiger partial charge is 0.353 e. The third kappa shape index (κ3) is 2.92. The van der Waals surface area contributed by atoms with E-state index in [1.807, 2.05) is 6.92 Å². The first-order valence-electron chi connectivity index (χ1n) is 7.09. The van der Waals surface area contributed by atoms with Gasteiger partial charge in [0, 0.05) is 7.05 Å². The summed E-state index contributed by atoms with van der Waals surface area (Å²) in [6.45, 7) is 2.27. The second-order valence-corrected chi connectivity index (χ2v) is 5.59. The van der Waals surface area contributed by atoms with Gasteiger partial charge in [-0.1, -0.05) is 26.2 Å². The summed E-state index contributed by atoms with van der Waals surface area (Å²) in [4.78, 5) is 10.8.